The molecule has 0 saturated carbocycles. The largest absolute Gasteiger partial charge is 0.573 e. The second-order valence-electron chi connectivity index (χ2n) is 5.39. The zero-order chi connectivity index (χ0) is 19.3. The smallest absolute Gasteiger partial charge is 0.465 e. The van der Waals surface area contributed by atoms with Crippen LogP contribution >= 0.6 is 0 Å². The zero-order valence-electron chi connectivity index (χ0n) is 14.0. The number of hydrogen-bond donors (Lipinski definition) is 0. The van der Waals surface area contributed by atoms with Crippen LogP contribution in [0.5, 0.6) is 5.75 Å². The minimum Gasteiger partial charge on any atom is -0.465 e. The van der Waals surface area contributed by atoms with Gasteiger partial charge in [0.25, 0.3) is 5.91 Å². The lowest BCUT2D eigenvalue weighted by Crippen LogP contribution is -2.27. The molecule has 0 atom stereocenters. The highest BCUT2D eigenvalue weighted by atomic mass is 19.4. The first-order chi connectivity index (χ1) is 12.2. The van der Waals surface area contributed by atoms with Crippen LogP contribution in [0.1, 0.15) is 26.3 Å². The van der Waals surface area contributed by atoms with Gasteiger partial charge in [0.2, 0.25) is 0 Å². The highest BCUT2D eigenvalue weighted by Crippen LogP contribution is 2.27. The van der Waals surface area contributed by atoms with Gasteiger partial charge in [0.05, 0.1) is 12.7 Å². The van der Waals surface area contributed by atoms with Crippen LogP contribution in [-0.4, -0.2) is 37.3 Å². The van der Waals surface area contributed by atoms with Crippen LogP contribution in [0.3, 0.4) is 0 Å². The van der Waals surface area contributed by atoms with Crippen molar-refractivity contribution in [3.63, 3.8) is 0 Å². The molecule has 0 aromatic heterocycles. The summed E-state index contributed by atoms with van der Waals surface area (Å²) in [6.45, 7) is -0.104. The molecule has 0 unspecified atom stereocenters. The summed E-state index contributed by atoms with van der Waals surface area (Å²) in [5, 5.41) is 0. The number of hydrogen-bond acceptors (Lipinski definition) is 4. The lowest BCUT2D eigenvalue weighted by Gasteiger charge is -2.20. The van der Waals surface area contributed by atoms with Crippen molar-refractivity contribution in [1.82, 2.24) is 4.90 Å². The van der Waals surface area contributed by atoms with Crippen molar-refractivity contribution in [2.45, 2.75) is 12.9 Å². The van der Waals surface area contributed by atoms with Crippen molar-refractivity contribution in [2.75, 3.05) is 14.2 Å². The number of para-hydroxylation sites is 1. The van der Waals surface area contributed by atoms with Crippen molar-refractivity contribution in [1.29, 1.82) is 0 Å². The molecule has 0 radical (unpaired) electrons. The molecule has 0 spiro atoms. The van der Waals surface area contributed by atoms with Crippen LogP contribution in [0.2, 0.25) is 0 Å². The topological polar surface area (TPSA) is 55.8 Å². The summed E-state index contributed by atoms with van der Waals surface area (Å²) in [7, 11) is 2.66. The third-order valence-corrected chi connectivity index (χ3v) is 3.48. The predicted molar refractivity (Wildman–Crippen MR) is 86.7 cm³/mol. The maximum Gasteiger partial charge on any atom is 0.573 e. The van der Waals surface area contributed by atoms with E-state index in [2.05, 4.69) is 9.47 Å². The quantitative estimate of drug-likeness (QED) is 0.757. The average Bonchev–Trinajstić information content (AvgIpc) is 2.60. The molecule has 138 valence electrons. The molecule has 2 aromatic rings. The van der Waals surface area contributed by atoms with E-state index >= 15 is 0 Å². The Bertz CT molecular complexity index is 805. The fourth-order valence-electron chi connectivity index (χ4n) is 2.30. The first-order valence-corrected chi connectivity index (χ1v) is 7.49. The van der Waals surface area contributed by atoms with Crippen molar-refractivity contribution >= 4 is 11.9 Å². The van der Waals surface area contributed by atoms with Gasteiger partial charge in [0.15, 0.2) is 0 Å². The minimum atomic E-state index is -4.83. The lowest BCUT2D eigenvalue weighted by molar-refractivity contribution is -0.275. The molecule has 0 saturated heterocycles. The molecule has 8 heteroatoms. The second kappa shape index (κ2) is 7.90. The summed E-state index contributed by atoms with van der Waals surface area (Å²) < 4.78 is 46.1. The van der Waals surface area contributed by atoms with Gasteiger partial charge in [-0.05, 0) is 24.3 Å². The van der Waals surface area contributed by atoms with Gasteiger partial charge in [-0.2, -0.15) is 0 Å². The van der Waals surface area contributed by atoms with Crippen molar-refractivity contribution in [2.24, 2.45) is 0 Å². The third kappa shape index (κ3) is 4.98. The number of rotatable bonds is 5. The van der Waals surface area contributed by atoms with Crippen LogP contribution in [0.4, 0.5) is 13.2 Å². The Labute approximate surface area is 147 Å². The van der Waals surface area contributed by atoms with Crippen molar-refractivity contribution in [3.8, 4) is 5.75 Å². The maximum atomic E-state index is 12.5. The molecule has 5 nitrogen and oxygen atoms in total. The molecule has 2 rings (SSSR count). The molecule has 0 N–H and O–H groups in total. The normalized spacial score (nSPS) is 11.0. The van der Waals surface area contributed by atoms with E-state index in [0.29, 0.717) is 0 Å². The molecule has 26 heavy (non-hydrogen) atoms. The summed E-state index contributed by atoms with van der Waals surface area (Å²) in [5.41, 5.74) is 0.613. The summed E-state index contributed by atoms with van der Waals surface area (Å²) in [6, 6.07) is 11.5. The molecule has 0 aliphatic heterocycles. The van der Waals surface area contributed by atoms with Gasteiger partial charge < -0.3 is 14.4 Å². The number of carbonyl (C=O) groups is 2. The van der Waals surface area contributed by atoms with E-state index in [1.807, 2.05) is 0 Å². The number of alkyl halides is 3. The molecule has 1 amide bonds. The van der Waals surface area contributed by atoms with Gasteiger partial charge in [-0.3, -0.25) is 4.79 Å². The van der Waals surface area contributed by atoms with Crippen LogP contribution in [0.15, 0.2) is 48.5 Å². The standard InChI is InChI=1S/C18H16F3NO4/c1-22(11-14-6-3-4-9-15(14)26-18(19,20)21)16(23)12-7-5-8-13(10-12)17(24)25-2/h3-10H,11H2,1-2H3. The lowest BCUT2D eigenvalue weighted by atomic mass is 10.1. The molecule has 2 aromatic carbocycles. The maximum absolute atomic E-state index is 12.5. The number of benzene rings is 2. The third-order valence-electron chi connectivity index (χ3n) is 3.48. The monoisotopic (exact) mass is 367 g/mol. The van der Waals surface area contributed by atoms with Crippen LogP contribution in [0, 0.1) is 0 Å². The van der Waals surface area contributed by atoms with E-state index in [9.17, 15) is 22.8 Å². The van der Waals surface area contributed by atoms with E-state index in [1.54, 1.807) is 6.07 Å². The van der Waals surface area contributed by atoms with E-state index < -0.39 is 18.2 Å². The fourth-order valence-corrected chi connectivity index (χ4v) is 2.30. The Hall–Kier alpha value is -3.03. The molecule has 0 fully saturated rings. The zero-order valence-corrected chi connectivity index (χ0v) is 14.0. The van der Waals surface area contributed by atoms with Gasteiger partial charge in [0, 0.05) is 24.7 Å². The Morgan fingerprint density at radius 1 is 1.04 bits per heavy atom. The SMILES string of the molecule is COC(=O)c1cccc(C(=O)N(C)Cc2ccccc2OC(F)(F)F)c1. The van der Waals surface area contributed by atoms with Crippen LogP contribution < -0.4 is 4.74 Å². The molecule has 0 heterocycles. The van der Waals surface area contributed by atoms with Gasteiger partial charge in [-0.15, -0.1) is 13.2 Å². The number of amides is 1. The predicted octanol–water partition coefficient (Wildman–Crippen LogP) is 3.64. The molecular weight excluding hydrogens is 351 g/mol. The number of carbonyl (C=O) groups excluding carboxylic acids is 2. The van der Waals surface area contributed by atoms with Gasteiger partial charge >= 0.3 is 12.3 Å². The number of ether oxygens (including phenoxy) is 2. The summed E-state index contributed by atoms with van der Waals surface area (Å²) in [4.78, 5) is 25.3. The average molecular weight is 367 g/mol. The Balaban J connectivity index is 2.19. The highest BCUT2D eigenvalue weighted by molar-refractivity contribution is 5.97. The van der Waals surface area contributed by atoms with Crippen molar-refractivity contribution in [3.05, 3.63) is 65.2 Å². The van der Waals surface area contributed by atoms with Crippen LogP contribution in [0.25, 0.3) is 0 Å². The first kappa shape index (κ1) is 19.3. The molecule has 0 bridgehead atoms. The van der Waals surface area contributed by atoms with E-state index in [4.69, 9.17) is 0 Å². The summed E-state index contributed by atoms with van der Waals surface area (Å²) in [6.07, 6.45) is -4.83. The second-order valence-corrected chi connectivity index (χ2v) is 5.39. The molecular formula is C18H16F3NO4. The van der Waals surface area contributed by atoms with Crippen molar-refractivity contribution < 1.29 is 32.2 Å². The van der Waals surface area contributed by atoms with Gasteiger partial charge in [-0.1, -0.05) is 24.3 Å². The Morgan fingerprint density at radius 2 is 1.69 bits per heavy atom. The van der Waals surface area contributed by atoms with E-state index in [1.165, 1.54) is 61.5 Å². The first-order valence-electron chi connectivity index (χ1n) is 7.49. The minimum absolute atomic E-state index is 0.104. The number of methoxy groups -OCH3 is 1. The van der Waals surface area contributed by atoms with Gasteiger partial charge in [-0.25, -0.2) is 4.79 Å². The van der Waals surface area contributed by atoms with E-state index in [-0.39, 0.29) is 29.0 Å². The van der Waals surface area contributed by atoms with Crippen LogP contribution in [-0.2, 0) is 11.3 Å². The summed E-state index contributed by atoms with van der Waals surface area (Å²) in [5.74, 6) is -1.42. The highest BCUT2D eigenvalue weighted by Gasteiger charge is 2.32. The molecule has 0 aliphatic carbocycles. The summed E-state index contributed by atoms with van der Waals surface area (Å²) >= 11 is 0. The number of halogens is 3. The van der Waals surface area contributed by atoms with E-state index in [0.717, 1.165) is 0 Å². The Morgan fingerprint density at radius 3 is 2.35 bits per heavy atom. The Kier molecular flexibility index (Phi) is 5.86. The van der Waals surface area contributed by atoms with Gasteiger partial charge in [0.1, 0.15) is 5.75 Å². The molecule has 0 aliphatic rings. The fraction of sp³-hybridized carbons (Fsp3) is 0.222. The number of nitrogens with zero attached hydrogens (tertiary/aromatic N) is 1. The number of esters is 1.